The highest BCUT2D eigenvalue weighted by Gasteiger charge is 2.43. The summed E-state index contributed by atoms with van der Waals surface area (Å²) in [6.07, 6.45) is 2.43. The molecule has 0 aliphatic carbocycles. The first-order valence-electron chi connectivity index (χ1n) is 5.73. The molecular formula is C14H17NO. The Hall–Kier alpha value is -1.44. The van der Waals surface area contributed by atoms with E-state index in [9.17, 15) is 4.79 Å². The van der Waals surface area contributed by atoms with E-state index in [2.05, 4.69) is 24.0 Å². The Morgan fingerprint density at radius 1 is 1.31 bits per heavy atom. The lowest BCUT2D eigenvalue weighted by Crippen LogP contribution is -2.22. The Morgan fingerprint density at radius 3 is 2.44 bits per heavy atom. The minimum Gasteiger partial charge on any atom is -0.300 e. The summed E-state index contributed by atoms with van der Waals surface area (Å²) in [5.41, 5.74) is 2.46. The topological polar surface area (TPSA) is 29.4 Å². The second-order valence-electron chi connectivity index (χ2n) is 4.59. The molecule has 84 valence electrons. The number of Topliss-reactive ketones (excluding diaryl/α,β-unsaturated/α-hetero) is 1. The third kappa shape index (κ3) is 2.38. The number of nitrogens with zero attached hydrogens (tertiary/aromatic N) is 1. The molecule has 0 N–H and O–H groups in total. The Balaban J connectivity index is 1.99. The SMILES string of the molecule is CC(=O)CCC1(Cc2ccccc2)N=C1C. The summed E-state index contributed by atoms with van der Waals surface area (Å²) >= 11 is 0. The van der Waals surface area contributed by atoms with Gasteiger partial charge in [-0.25, -0.2) is 0 Å². The molecule has 0 saturated carbocycles. The summed E-state index contributed by atoms with van der Waals surface area (Å²) in [6, 6.07) is 10.4. The third-order valence-corrected chi connectivity index (χ3v) is 3.24. The molecule has 0 spiro atoms. The molecule has 2 rings (SSSR count). The van der Waals surface area contributed by atoms with Gasteiger partial charge < -0.3 is 4.79 Å². The number of hydrogen-bond donors (Lipinski definition) is 0. The fraction of sp³-hybridized carbons (Fsp3) is 0.429. The van der Waals surface area contributed by atoms with Crippen molar-refractivity contribution in [2.45, 2.75) is 38.6 Å². The number of benzene rings is 1. The Kier molecular flexibility index (Phi) is 2.90. The van der Waals surface area contributed by atoms with Gasteiger partial charge in [-0.2, -0.15) is 0 Å². The third-order valence-electron chi connectivity index (χ3n) is 3.24. The summed E-state index contributed by atoms with van der Waals surface area (Å²) in [4.78, 5) is 15.5. The van der Waals surface area contributed by atoms with Crippen LogP contribution in [0.5, 0.6) is 0 Å². The summed E-state index contributed by atoms with van der Waals surface area (Å²) in [5.74, 6) is 0.252. The second-order valence-corrected chi connectivity index (χ2v) is 4.59. The standard InChI is InChI=1S/C14H17NO/c1-11(16)8-9-14(12(2)15-14)10-13-6-4-3-5-7-13/h3-7H,8-10H2,1-2H3. The zero-order valence-corrected chi connectivity index (χ0v) is 9.86. The molecule has 1 aliphatic rings. The minimum absolute atomic E-state index is 0.0347. The fourth-order valence-electron chi connectivity index (χ4n) is 2.10. The van der Waals surface area contributed by atoms with Gasteiger partial charge in [-0.15, -0.1) is 0 Å². The molecule has 0 aromatic heterocycles. The van der Waals surface area contributed by atoms with E-state index in [1.807, 2.05) is 18.2 Å². The van der Waals surface area contributed by atoms with Crippen LogP contribution in [0.15, 0.2) is 35.3 Å². The molecule has 0 fully saturated rings. The van der Waals surface area contributed by atoms with Gasteiger partial charge in [-0.3, -0.25) is 4.99 Å². The first kappa shape index (κ1) is 11.1. The molecule has 0 bridgehead atoms. The number of carbonyl (C=O) groups excluding carboxylic acids is 1. The van der Waals surface area contributed by atoms with Crippen molar-refractivity contribution < 1.29 is 4.79 Å². The Bertz CT molecular complexity index is 422. The van der Waals surface area contributed by atoms with Gasteiger partial charge in [0.05, 0.1) is 0 Å². The van der Waals surface area contributed by atoms with Crippen LogP contribution >= 0.6 is 0 Å². The van der Waals surface area contributed by atoms with Crippen molar-refractivity contribution in [3.8, 4) is 0 Å². The molecule has 2 nitrogen and oxygen atoms in total. The predicted molar refractivity (Wildman–Crippen MR) is 65.9 cm³/mol. The molecule has 0 saturated heterocycles. The lowest BCUT2D eigenvalue weighted by molar-refractivity contribution is -0.117. The maximum atomic E-state index is 11.0. The second kappa shape index (κ2) is 4.20. The molecule has 2 heteroatoms. The van der Waals surface area contributed by atoms with Crippen molar-refractivity contribution in [3.63, 3.8) is 0 Å². The zero-order valence-electron chi connectivity index (χ0n) is 9.86. The average molecular weight is 215 g/mol. The van der Waals surface area contributed by atoms with E-state index in [0.717, 1.165) is 12.8 Å². The van der Waals surface area contributed by atoms with Gasteiger partial charge in [0, 0.05) is 18.6 Å². The van der Waals surface area contributed by atoms with Crippen LogP contribution < -0.4 is 0 Å². The van der Waals surface area contributed by atoms with Crippen LogP contribution in [0.3, 0.4) is 0 Å². The molecular weight excluding hydrogens is 198 g/mol. The molecule has 16 heavy (non-hydrogen) atoms. The van der Waals surface area contributed by atoms with E-state index in [-0.39, 0.29) is 11.3 Å². The minimum atomic E-state index is -0.0347. The van der Waals surface area contributed by atoms with Crippen molar-refractivity contribution in [2.75, 3.05) is 0 Å². The van der Waals surface area contributed by atoms with Gasteiger partial charge in [-0.1, -0.05) is 30.3 Å². The largest absolute Gasteiger partial charge is 0.300 e. The molecule has 1 aromatic carbocycles. The van der Waals surface area contributed by atoms with Gasteiger partial charge in [0.2, 0.25) is 0 Å². The van der Waals surface area contributed by atoms with E-state index in [1.165, 1.54) is 11.3 Å². The quantitative estimate of drug-likeness (QED) is 0.742. The molecule has 1 atom stereocenters. The molecule has 1 aromatic rings. The summed E-state index contributed by atoms with van der Waals surface area (Å²) in [6.45, 7) is 3.71. The number of hydrogen-bond acceptors (Lipinski definition) is 2. The van der Waals surface area contributed by atoms with Crippen LogP contribution in [-0.2, 0) is 11.2 Å². The number of rotatable bonds is 5. The first-order valence-corrected chi connectivity index (χ1v) is 5.73. The van der Waals surface area contributed by atoms with Crippen molar-refractivity contribution in [1.82, 2.24) is 0 Å². The smallest absolute Gasteiger partial charge is 0.129 e. The predicted octanol–water partition coefficient (Wildman–Crippen LogP) is 2.81. The molecule has 0 amide bonds. The highest BCUT2D eigenvalue weighted by atomic mass is 16.1. The van der Waals surface area contributed by atoms with Gasteiger partial charge in [0.15, 0.2) is 0 Å². The highest BCUT2D eigenvalue weighted by molar-refractivity contribution is 6.04. The van der Waals surface area contributed by atoms with Gasteiger partial charge in [0.1, 0.15) is 11.3 Å². The highest BCUT2D eigenvalue weighted by Crippen LogP contribution is 2.36. The maximum Gasteiger partial charge on any atom is 0.129 e. The molecule has 1 aliphatic heterocycles. The van der Waals surface area contributed by atoms with Gasteiger partial charge in [-0.05, 0) is 25.8 Å². The van der Waals surface area contributed by atoms with Crippen LogP contribution in [0, 0.1) is 0 Å². The zero-order chi connectivity index (χ0) is 11.6. The van der Waals surface area contributed by atoms with Crippen LogP contribution in [0.25, 0.3) is 0 Å². The summed E-state index contributed by atoms with van der Waals surface area (Å²) in [7, 11) is 0. The van der Waals surface area contributed by atoms with E-state index in [4.69, 9.17) is 0 Å². The number of ketones is 1. The van der Waals surface area contributed by atoms with Crippen molar-refractivity contribution in [2.24, 2.45) is 4.99 Å². The summed E-state index contributed by atoms with van der Waals surface area (Å²) in [5, 5.41) is 0. The Labute approximate surface area is 96.4 Å². The van der Waals surface area contributed by atoms with Crippen molar-refractivity contribution in [1.29, 1.82) is 0 Å². The normalized spacial score (nSPS) is 22.8. The number of carbonyl (C=O) groups is 1. The monoisotopic (exact) mass is 215 g/mol. The van der Waals surface area contributed by atoms with E-state index in [0.29, 0.717) is 6.42 Å². The molecule has 1 unspecified atom stereocenters. The van der Waals surface area contributed by atoms with E-state index < -0.39 is 0 Å². The van der Waals surface area contributed by atoms with E-state index >= 15 is 0 Å². The fourth-order valence-corrected chi connectivity index (χ4v) is 2.10. The van der Waals surface area contributed by atoms with Crippen LogP contribution in [-0.4, -0.2) is 17.0 Å². The van der Waals surface area contributed by atoms with E-state index in [1.54, 1.807) is 6.92 Å². The van der Waals surface area contributed by atoms with Crippen LogP contribution in [0.4, 0.5) is 0 Å². The Morgan fingerprint density at radius 2 is 1.94 bits per heavy atom. The van der Waals surface area contributed by atoms with Crippen molar-refractivity contribution >= 4 is 11.5 Å². The van der Waals surface area contributed by atoms with Gasteiger partial charge in [0.25, 0.3) is 0 Å². The maximum absolute atomic E-state index is 11.0. The van der Waals surface area contributed by atoms with Gasteiger partial charge >= 0.3 is 0 Å². The molecule has 1 heterocycles. The van der Waals surface area contributed by atoms with Crippen molar-refractivity contribution in [3.05, 3.63) is 35.9 Å². The lowest BCUT2D eigenvalue weighted by atomic mass is 9.89. The molecule has 0 radical (unpaired) electrons. The lowest BCUT2D eigenvalue weighted by Gasteiger charge is -2.13. The van der Waals surface area contributed by atoms with Crippen LogP contribution in [0.2, 0.25) is 0 Å². The summed E-state index contributed by atoms with van der Waals surface area (Å²) < 4.78 is 0. The number of aliphatic imine (C=N–C) groups is 1. The average Bonchev–Trinajstić information content (AvgIpc) is 2.88. The van der Waals surface area contributed by atoms with Crippen LogP contribution in [0.1, 0.15) is 32.3 Å². The first-order chi connectivity index (χ1) is 7.62.